The van der Waals surface area contributed by atoms with E-state index in [1.165, 1.54) is 12.4 Å². The molecule has 0 unspecified atom stereocenters. The highest BCUT2D eigenvalue weighted by Gasteiger charge is 2.05. The Morgan fingerprint density at radius 3 is 3.00 bits per heavy atom. The third-order valence-corrected chi connectivity index (χ3v) is 2.32. The molecule has 0 aliphatic rings. The van der Waals surface area contributed by atoms with E-state index in [1.54, 1.807) is 18.2 Å². The highest BCUT2D eigenvalue weighted by Crippen LogP contribution is 2.15. The summed E-state index contributed by atoms with van der Waals surface area (Å²) in [5.74, 6) is -0.110. The van der Waals surface area contributed by atoms with Crippen molar-refractivity contribution in [3.05, 3.63) is 36.4 Å². The van der Waals surface area contributed by atoms with Crippen LogP contribution in [0.2, 0.25) is 0 Å². The Labute approximate surface area is 109 Å². The third kappa shape index (κ3) is 4.06. The van der Waals surface area contributed by atoms with Crippen LogP contribution in [0.25, 0.3) is 0 Å². The molecule has 19 heavy (non-hydrogen) atoms. The number of amides is 1. The second kappa shape index (κ2) is 6.48. The summed E-state index contributed by atoms with van der Waals surface area (Å²) in [6, 6.07) is 6.15. The van der Waals surface area contributed by atoms with E-state index in [0.29, 0.717) is 12.4 Å². The zero-order valence-electron chi connectivity index (χ0n) is 10.1. The quantitative estimate of drug-likeness (QED) is 0.779. The fourth-order valence-corrected chi connectivity index (χ4v) is 1.44. The van der Waals surface area contributed by atoms with Crippen molar-refractivity contribution in [2.24, 2.45) is 0 Å². The first-order chi connectivity index (χ1) is 9.25. The van der Waals surface area contributed by atoms with Crippen LogP contribution in [-0.4, -0.2) is 27.7 Å². The lowest BCUT2D eigenvalue weighted by Gasteiger charge is -2.06. The number of aromatic amines is 1. The van der Waals surface area contributed by atoms with E-state index in [-0.39, 0.29) is 24.7 Å². The molecule has 0 saturated carbocycles. The van der Waals surface area contributed by atoms with Gasteiger partial charge in [0.15, 0.2) is 11.6 Å². The lowest BCUT2D eigenvalue weighted by molar-refractivity contribution is -0.116. The van der Waals surface area contributed by atoms with Gasteiger partial charge in [0.05, 0.1) is 6.61 Å². The van der Waals surface area contributed by atoms with Gasteiger partial charge < -0.3 is 4.74 Å². The Balaban J connectivity index is 1.67. The number of ether oxygens (including phenoxy) is 1. The van der Waals surface area contributed by atoms with Crippen LogP contribution in [0.4, 0.5) is 10.3 Å². The number of hydrogen-bond donors (Lipinski definition) is 2. The van der Waals surface area contributed by atoms with Crippen LogP contribution in [0.5, 0.6) is 5.75 Å². The zero-order chi connectivity index (χ0) is 13.5. The summed E-state index contributed by atoms with van der Waals surface area (Å²) in [5, 5.41) is 8.66. The molecule has 2 aromatic rings. The first-order valence-electron chi connectivity index (χ1n) is 5.78. The van der Waals surface area contributed by atoms with Gasteiger partial charge in [0, 0.05) is 6.42 Å². The second-order valence-corrected chi connectivity index (χ2v) is 3.76. The van der Waals surface area contributed by atoms with Gasteiger partial charge in [0.25, 0.3) is 0 Å². The number of aromatic nitrogens is 3. The van der Waals surface area contributed by atoms with Crippen LogP contribution in [0.1, 0.15) is 12.8 Å². The number of nitrogens with one attached hydrogen (secondary N) is 2. The summed E-state index contributed by atoms with van der Waals surface area (Å²) in [7, 11) is 0. The van der Waals surface area contributed by atoms with E-state index in [4.69, 9.17) is 4.74 Å². The number of H-pyrrole nitrogens is 1. The SMILES string of the molecule is O=C(CCCOc1ccccc1F)Nc1ncn[nH]1. The Morgan fingerprint density at radius 1 is 1.42 bits per heavy atom. The molecule has 0 fully saturated rings. The minimum absolute atomic E-state index is 0.193. The first kappa shape index (κ1) is 13.0. The maximum absolute atomic E-state index is 13.2. The number of hydrogen-bond acceptors (Lipinski definition) is 4. The number of anilines is 1. The molecule has 100 valence electrons. The summed E-state index contributed by atoms with van der Waals surface area (Å²) in [4.78, 5) is 15.2. The molecule has 0 atom stereocenters. The summed E-state index contributed by atoms with van der Waals surface area (Å²) in [5.41, 5.74) is 0. The third-order valence-electron chi connectivity index (χ3n) is 2.32. The summed E-state index contributed by atoms with van der Waals surface area (Å²) >= 11 is 0. The number of benzene rings is 1. The molecular formula is C12H13FN4O2. The molecule has 1 aromatic heterocycles. The van der Waals surface area contributed by atoms with Gasteiger partial charge in [-0.1, -0.05) is 12.1 Å². The standard InChI is InChI=1S/C12H13FN4O2/c13-9-4-1-2-5-10(9)19-7-3-6-11(18)16-12-14-8-15-17-12/h1-2,4-5,8H,3,6-7H2,(H2,14,15,16,17,18). The average molecular weight is 264 g/mol. The largest absolute Gasteiger partial charge is 0.491 e. The molecule has 0 bridgehead atoms. The maximum atomic E-state index is 13.2. The van der Waals surface area contributed by atoms with E-state index in [9.17, 15) is 9.18 Å². The number of nitrogens with zero attached hydrogens (tertiary/aromatic N) is 2. The van der Waals surface area contributed by atoms with Gasteiger partial charge in [-0.15, -0.1) is 0 Å². The molecule has 0 spiro atoms. The van der Waals surface area contributed by atoms with Gasteiger partial charge >= 0.3 is 0 Å². The Hall–Kier alpha value is -2.44. The lowest BCUT2D eigenvalue weighted by Crippen LogP contribution is -2.13. The van der Waals surface area contributed by atoms with Crippen molar-refractivity contribution in [3.63, 3.8) is 0 Å². The van der Waals surface area contributed by atoms with Crippen LogP contribution < -0.4 is 10.1 Å². The molecule has 7 heteroatoms. The summed E-state index contributed by atoms with van der Waals surface area (Å²) < 4.78 is 18.4. The van der Waals surface area contributed by atoms with Gasteiger partial charge in [0.2, 0.25) is 11.9 Å². The maximum Gasteiger partial charge on any atom is 0.226 e. The molecule has 1 amide bonds. The van der Waals surface area contributed by atoms with Crippen molar-refractivity contribution in [2.75, 3.05) is 11.9 Å². The molecule has 0 aliphatic carbocycles. The highest BCUT2D eigenvalue weighted by atomic mass is 19.1. The summed E-state index contributed by atoms with van der Waals surface area (Å²) in [6.07, 6.45) is 2.04. The minimum Gasteiger partial charge on any atom is -0.491 e. The monoisotopic (exact) mass is 264 g/mol. The van der Waals surface area contributed by atoms with Crippen molar-refractivity contribution in [1.29, 1.82) is 0 Å². The van der Waals surface area contributed by atoms with Gasteiger partial charge in [-0.3, -0.25) is 10.1 Å². The smallest absolute Gasteiger partial charge is 0.226 e. The molecule has 6 nitrogen and oxygen atoms in total. The fraction of sp³-hybridized carbons (Fsp3) is 0.250. The minimum atomic E-state index is -0.409. The van der Waals surface area contributed by atoms with E-state index in [1.807, 2.05) is 0 Å². The predicted molar refractivity (Wildman–Crippen MR) is 66.1 cm³/mol. The van der Waals surface area contributed by atoms with Crippen LogP contribution in [0.3, 0.4) is 0 Å². The molecule has 1 aromatic carbocycles. The van der Waals surface area contributed by atoms with Crippen LogP contribution in [-0.2, 0) is 4.79 Å². The average Bonchev–Trinajstić information content (AvgIpc) is 2.89. The molecule has 2 N–H and O–H groups in total. The number of carbonyl (C=O) groups is 1. The topological polar surface area (TPSA) is 79.9 Å². The number of carbonyl (C=O) groups excluding carboxylic acids is 1. The van der Waals surface area contributed by atoms with E-state index >= 15 is 0 Å². The Kier molecular flexibility index (Phi) is 4.44. The molecule has 0 aliphatic heterocycles. The molecular weight excluding hydrogens is 251 g/mol. The second-order valence-electron chi connectivity index (χ2n) is 3.76. The lowest BCUT2D eigenvalue weighted by atomic mass is 10.3. The van der Waals surface area contributed by atoms with Crippen LogP contribution >= 0.6 is 0 Å². The van der Waals surface area contributed by atoms with Crippen molar-refractivity contribution < 1.29 is 13.9 Å². The van der Waals surface area contributed by atoms with Gasteiger partial charge in [-0.05, 0) is 18.6 Å². The van der Waals surface area contributed by atoms with Crippen molar-refractivity contribution in [1.82, 2.24) is 15.2 Å². The zero-order valence-corrected chi connectivity index (χ0v) is 10.1. The van der Waals surface area contributed by atoms with E-state index < -0.39 is 5.82 Å². The molecule has 0 radical (unpaired) electrons. The highest BCUT2D eigenvalue weighted by molar-refractivity contribution is 5.88. The fourth-order valence-electron chi connectivity index (χ4n) is 1.44. The van der Waals surface area contributed by atoms with Crippen LogP contribution in [0, 0.1) is 5.82 Å². The molecule has 2 rings (SSSR count). The van der Waals surface area contributed by atoms with Crippen LogP contribution in [0.15, 0.2) is 30.6 Å². The normalized spacial score (nSPS) is 10.2. The Morgan fingerprint density at radius 2 is 2.26 bits per heavy atom. The van der Waals surface area contributed by atoms with Crippen molar-refractivity contribution in [3.8, 4) is 5.75 Å². The van der Waals surface area contributed by atoms with Gasteiger partial charge in [-0.25, -0.2) is 9.49 Å². The van der Waals surface area contributed by atoms with Crippen molar-refractivity contribution in [2.45, 2.75) is 12.8 Å². The molecule has 0 saturated heterocycles. The van der Waals surface area contributed by atoms with E-state index in [0.717, 1.165) is 0 Å². The Bertz CT molecular complexity index is 530. The van der Waals surface area contributed by atoms with Crippen molar-refractivity contribution >= 4 is 11.9 Å². The number of rotatable bonds is 6. The van der Waals surface area contributed by atoms with Gasteiger partial charge in [0.1, 0.15) is 6.33 Å². The molecule has 1 heterocycles. The van der Waals surface area contributed by atoms with Gasteiger partial charge in [-0.2, -0.15) is 10.1 Å². The van der Waals surface area contributed by atoms with E-state index in [2.05, 4.69) is 20.5 Å². The first-order valence-corrected chi connectivity index (χ1v) is 5.78. The summed E-state index contributed by atoms with van der Waals surface area (Å²) in [6.45, 7) is 0.269. The number of para-hydroxylation sites is 1. The number of halogens is 1. The predicted octanol–water partition coefficient (Wildman–Crippen LogP) is 1.74.